The van der Waals surface area contributed by atoms with Gasteiger partial charge in [0.05, 0.1) is 16.9 Å². The molecule has 0 amide bonds. The summed E-state index contributed by atoms with van der Waals surface area (Å²) in [6, 6.07) is 9.32. The second kappa shape index (κ2) is 5.42. The molecule has 0 saturated heterocycles. The van der Waals surface area contributed by atoms with Gasteiger partial charge in [0.25, 0.3) is 0 Å². The standard InChI is InChI=1S/C11H11NO2S/c1-8(11(13)14)15-7-10-5-3-2-4-9(10)6-12/h2-5,8H,7H2,1H3,(H,13,14). The van der Waals surface area contributed by atoms with Crippen molar-refractivity contribution in [1.82, 2.24) is 0 Å². The van der Waals surface area contributed by atoms with Gasteiger partial charge in [0, 0.05) is 5.75 Å². The van der Waals surface area contributed by atoms with Gasteiger partial charge in [-0.1, -0.05) is 18.2 Å². The van der Waals surface area contributed by atoms with Crippen LogP contribution in [0, 0.1) is 11.3 Å². The van der Waals surface area contributed by atoms with Crippen molar-refractivity contribution in [3.05, 3.63) is 35.4 Å². The van der Waals surface area contributed by atoms with E-state index in [0.29, 0.717) is 11.3 Å². The fraction of sp³-hybridized carbons (Fsp3) is 0.273. The van der Waals surface area contributed by atoms with Crippen molar-refractivity contribution in [1.29, 1.82) is 5.26 Å². The molecule has 1 unspecified atom stereocenters. The zero-order valence-electron chi connectivity index (χ0n) is 8.30. The summed E-state index contributed by atoms with van der Waals surface area (Å²) >= 11 is 1.32. The van der Waals surface area contributed by atoms with Crippen LogP contribution in [0.4, 0.5) is 0 Å². The van der Waals surface area contributed by atoms with Crippen molar-refractivity contribution < 1.29 is 9.90 Å². The van der Waals surface area contributed by atoms with Crippen LogP contribution in [0.25, 0.3) is 0 Å². The molecule has 1 aromatic rings. The van der Waals surface area contributed by atoms with Crippen LogP contribution in [0.1, 0.15) is 18.1 Å². The van der Waals surface area contributed by atoms with Crippen LogP contribution in [0.3, 0.4) is 0 Å². The Hall–Kier alpha value is -1.47. The van der Waals surface area contributed by atoms with Gasteiger partial charge in [-0.05, 0) is 18.6 Å². The highest BCUT2D eigenvalue weighted by Gasteiger charge is 2.11. The lowest BCUT2D eigenvalue weighted by Gasteiger charge is -2.06. The summed E-state index contributed by atoms with van der Waals surface area (Å²) in [6.45, 7) is 1.64. The zero-order valence-corrected chi connectivity index (χ0v) is 9.12. The number of rotatable bonds is 4. The Morgan fingerprint density at radius 3 is 2.87 bits per heavy atom. The molecule has 15 heavy (non-hydrogen) atoms. The number of benzene rings is 1. The third-order valence-electron chi connectivity index (χ3n) is 1.97. The van der Waals surface area contributed by atoms with Gasteiger partial charge in [0.2, 0.25) is 0 Å². The number of carboxylic acid groups (broad SMARTS) is 1. The van der Waals surface area contributed by atoms with E-state index in [1.807, 2.05) is 12.1 Å². The number of carboxylic acids is 1. The normalized spacial score (nSPS) is 11.7. The Bertz CT molecular complexity index is 398. The Labute approximate surface area is 92.7 Å². The van der Waals surface area contributed by atoms with Crippen LogP contribution in [0.15, 0.2) is 24.3 Å². The molecule has 1 aromatic carbocycles. The van der Waals surface area contributed by atoms with Crippen molar-refractivity contribution in [2.24, 2.45) is 0 Å². The predicted octanol–water partition coefficient (Wildman–Crippen LogP) is 2.26. The summed E-state index contributed by atoms with van der Waals surface area (Å²) in [6.07, 6.45) is 0. The van der Waals surface area contributed by atoms with Gasteiger partial charge in [0.1, 0.15) is 0 Å². The molecule has 78 valence electrons. The lowest BCUT2D eigenvalue weighted by molar-refractivity contribution is -0.136. The summed E-state index contributed by atoms with van der Waals surface area (Å²) in [4.78, 5) is 10.6. The number of hydrogen-bond acceptors (Lipinski definition) is 3. The molecule has 1 N–H and O–H groups in total. The average Bonchev–Trinajstić information content (AvgIpc) is 2.26. The summed E-state index contributed by atoms with van der Waals surface area (Å²) in [7, 11) is 0. The van der Waals surface area contributed by atoms with E-state index < -0.39 is 11.2 Å². The second-order valence-electron chi connectivity index (χ2n) is 3.06. The van der Waals surface area contributed by atoms with Crippen molar-refractivity contribution in [2.45, 2.75) is 17.9 Å². The van der Waals surface area contributed by atoms with E-state index in [1.54, 1.807) is 19.1 Å². The number of thioether (sulfide) groups is 1. The fourth-order valence-electron chi connectivity index (χ4n) is 1.04. The number of nitriles is 1. The van der Waals surface area contributed by atoms with Crippen molar-refractivity contribution >= 4 is 17.7 Å². The van der Waals surface area contributed by atoms with E-state index in [9.17, 15) is 4.79 Å². The first kappa shape index (κ1) is 11.6. The van der Waals surface area contributed by atoms with Gasteiger partial charge < -0.3 is 5.11 Å². The van der Waals surface area contributed by atoms with Gasteiger partial charge in [-0.25, -0.2) is 0 Å². The third kappa shape index (κ3) is 3.30. The highest BCUT2D eigenvalue weighted by molar-refractivity contribution is 7.99. The highest BCUT2D eigenvalue weighted by atomic mass is 32.2. The molecule has 0 aliphatic heterocycles. The summed E-state index contributed by atoms with van der Waals surface area (Å²) in [5.41, 5.74) is 1.50. The molecule has 0 fully saturated rings. The first-order valence-electron chi connectivity index (χ1n) is 4.47. The monoisotopic (exact) mass is 221 g/mol. The molecule has 0 saturated carbocycles. The lowest BCUT2D eigenvalue weighted by atomic mass is 10.1. The van der Waals surface area contributed by atoms with Gasteiger partial charge in [0.15, 0.2) is 0 Å². The minimum atomic E-state index is -0.825. The number of hydrogen-bond donors (Lipinski definition) is 1. The molecule has 3 nitrogen and oxygen atoms in total. The Morgan fingerprint density at radius 1 is 1.60 bits per heavy atom. The van der Waals surface area contributed by atoms with Gasteiger partial charge in [-0.15, -0.1) is 11.8 Å². The van der Waals surface area contributed by atoms with E-state index in [-0.39, 0.29) is 0 Å². The van der Waals surface area contributed by atoms with Gasteiger partial charge in [-0.2, -0.15) is 5.26 Å². The van der Waals surface area contributed by atoms with Crippen LogP contribution in [0.5, 0.6) is 0 Å². The summed E-state index contributed by atoms with van der Waals surface area (Å²) in [5, 5.41) is 17.1. The van der Waals surface area contributed by atoms with Crippen LogP contribution in [0.2, 0.25) is 0 Å². The quantitative estimate of drug-likeness (QED) is 0.847. The largest absolute Gasteiger partial charge is 0.480 e. The zero-order chi connectivity index (χ0) is 11.3. The van der Waals surface area contributed by atoms with E-state index in [2.05, 4.69) is 6.07 Å². The topological polar surface area (TPSA) is 61.1 Å². The SMILES string of the molecule is CC(SCc1ccccc1C#N)C(=O)O. The maximum atomic E-state index is 10.6. The lowest BCUT2D eigenvalue weighted by Crippen LogP contribution is -2.11. The average molecular weight is 221 g/mol. The molecule has 1 rings (SSSR count). The molecule has 4 heteroatoms. The molecule has 0 aromatic heterocycles. The number of carbonyl (C=O) groups is 1. The van der Waals surface area contributed by atoms with Crippen LogP contribution in [-0.4, -0.2) is 16.3 Å². The van der Waals surface area contributed by atoms with Gasteiger partial charge in [-0.3, -0.25) is 4.79 Å². The van der Waals surface area contributed by atoms with Crippen LogP contribution >= 0.6 is 11.8 Å². The Balaban J connectivity index is 2.66. The van der Waals surface area contributed by atoms with Gasteiger partial charge >= 0.3 is 5.97 Å². The van der Waals surface area contributed by atoms with Crippen molar-refractivity contribution in [3.63, 3.8) is 0 Å². The van der Waals surface area contributed by atoms with Crippen molar-refractivity contribution in [3.8, 4) is 6.07 Å². The smallest absolute Gasteiger partial charge is 0.316 e. The fourth-order valence-corrected chi connectivity index (χ4v) is 1.87. The Morgan fingerprint density at radius 2 is 2.27 bits per heavy atom. The minimum absolute atomic E-state index is 0.447. The second-order valence-corrected chi connectivity index (χ2v) is 4.39. The van der Waals surface area contributed by atoms with Crippen LogP contribution < -0.4 is 0 Å². The molecule has 0 spiro atoms. The highest BCUT2D eigenvalue weighted by Crippen LogP contribution is 2.20. The number of aliphatic carboxylic acids is 1. The first-order valence-corrected chi connectivity index (χ1v) is 5.52. The van der Waals surface area contributed by atoms with Crippen LogP contribution in [-0.2, 0) is 10.5 Å². The minimum Gasteiger partial charge on any atom is -0.480 e. The van der Waals surface area contributed by atoms with E-state index in [0.717, 1.165) is 5.56 Å². The summed E-state index contributed by atoms with van der Waals surface area (Å²) in [5.74, 6) is -0.272. The molecule has 0 aliphatic carbocycles. The maximum Gasteiger partial charge on any atom is 0.316 e. The maximum absolute atomic E-state index is 10.6. The molecule has 0 radical (unpaired) electrons. The molecule has 0 aliphatic rings. The molecule has 0 bridgehead atoms. The van der Waals surface area contributed by atoms with E-state index in [1.165, 1.54) is 11.8 Å². The van der Waals surface area contributed by atoms with E-state index >= 15 is 0 Å². The Kier molecular flexibility index (Phi) is 4.19. The van der Waals surface area contributed by atoms with E-state index in [4.69, 9.17) is 10.4 Å². The molecular weight excluding hydrogens is 210 g/mol. The van der Waals surface area contributed by atoms with Crippen molar-refractivity contribution in [2.75, 3.05) is 0 Å². The first-order chi connectivity index (χ1) is 7.15. The molecule has 1 atom stereocenters. The molecule has 0 heterocycles. The molecular formula is C11H11NO2S. The summed E-state index contributed by atoms with van der Waals surface area (Å²) < 4.78 is 0. The number of nitrogens with zero attached hydrogens (tertiary/aromatic N) is 1. The predicted molar refractivity (Wildman–Crippen MR) is 59.5 cm³/mol. The third-order valence-corrected chi connectivity index (χ3v) is 3.15.